The van der Waals surface area contributed by atoms with Gasteiger partial charge in [-0.1, -0.05) is 19.1 Å². The Kier molecular flexibility index (Phi) is 6.45. The molecule has 1 aromatic carbocycles. The minimum Gasteiger partial charge on any atom is -0.353 e. The quantitative estimate of drug-likeness (QED) is 0.740. The van der Waals surface area contributed by atoms with Crippen LogP contribution in [-0.4, -0.2) is 34.6 Å². The maximum Gasteiger partial charge on any atom is 0.326 e. The molecule has 1 atom stereocenters. The number of nitrogens with one attached hydrogen (secondary N) is 3. The number of hydrogen-bond donors (Lipinski definition) is 3. The standard InChI is InChI=1S/C14H20N4O2.ClH/c1-3-15-10(2)8-16-13(19)9-18-12-7-5-4-6-11(12)17-14(18)20;/h4-7,10,15H,3,8-9H2,1-2H3,(H,16,19)(H,17,20);1H/t10-;/m1./s1. The highest BCUT2D eigenvalue weighted by molar-refractivity contribution is 5.85. The molecule has 0 aliphatic rings. The molecule has 6 nitrogen and oxygen atoms in total. The predicted octanol–water partition coefficient (Wildman–Crippen LogP) is 0.866. The van der Waals surface area contributed by atoms with E-state index >= 15 is 0 Å². The number of carbonyl (C=O) groups excluding carboxylic acids is 1. The molecule has 0 aliphatic heterocycles. The van der Waals surface area contributed by atoms with Gasteiger partial charge in [-0.2, -0.15) is 0 Å². The summed E-state index contributed by atoms with van der Waals surface area (Å²) in [7, 11) is 0. The largest absolute Gasteiger partial charge is 0.353 e. The molecule has 2 aromatic rings. The van der Waals surface area contributed by atoms with Crippen molar-refractivity contribution in [2.45, 2.75) is 26.4 Å². The Balaban J connectivity index is 0.00000220. The fourth-order valence-corrected chi connectivity index (χ4v) is 2.15. The maximum absolute atomic E-state index is 11.9. The number of likely N-dealkylation sites (N-methyl/N-ethyl adjacent to an activating group) is 1. The van der Waals surface area contributed by atoms with Crippen LogP contribution in [-0.2, 0) is 11.3 Å². The van der Waals surface area contributed by atoms with Crippen LogP contribution in [0.4, 0.5) is 0 Å². The van der Waals surface area contributed by atoms with E-state index in [1.807, 2.05) is 38.1 Å². The average molecular weight is 313 g/mol. The zero-order valence-electron chi connectivity index (χ0n) is 12.2. The van der Waals surface area contributed by atoms with Gasteiger partial charge in [0.1, 0.15) is 6.54 Å². The van der Waals surface area contributed by atoms with Crippen LogP contribution in [0.15, 0.2) is 29.1 Å². The molecule has 21 heavy (non-hydrogen) atoms. The van der Waals surface area contributed by atoms with Gasteiger partial charge in [0.25, 0.3) is 0 Å². The van der Waals surface area contributed by atoms with Gasteiger partial charge in [0.2, 0.25) is 5.91 Å². The Bertz CT molecular complexity index is 650. The fourth-order valence-electron chi connectivity index (χ4n) is 2.15. The first-order chi connectivity index (χ1) is 9.61. The molecule has 116 valence electrons. The van der Waals surface area contributed by atoms with Crippen LogP contribution < -0.4 is 16.3 Å². The fraction of sp³-hybridized carbons (Fsp3) is 0.429. The smallest absolute Gasteiger partial charge is 0.326 e. The Labute approximate surface area is 129 Å². The van der Waals surface area contributed by atoms with Gasteiger partial charge in [0.05, 0.1) is 11.0 Å². The molecular formula is C14H21ClN4O2. The Morgan fingerprint density at radius 3 is 2.81 bits per heavy atom. The summed E-state index contributed by atoms with van der Waals surface area (Å²) < 4.78 is 1.45. The number of aromatic nitrogens is 2. The summed E-state index contributed by atoms with van der Waals surface area (Å²) in [4.78, 5) is 26.5. The molecule has 2 rings (SSSR count). The van der Waals surface area contributed by atoms with E-state index in [4.69, 9.17) is 0 Å². The van der Waals surface area contributed by atoms with Crippen molar-refractivity contribution in [1.29, 1.82) is 0 Å². The number of nitrogens with zero attached hydrogens (tertiary/aromatic N) is 1. The summed E-state index contributed by atoms with van der Waals surface area (Å²) in [5.41, 5.74) is 1.22. The zero-order chi connectivity index (χ0) is 14.5. The SMILES string of the molecule is CCN[C@H](C)CNC(=O)Cn1c(=O)[nH]c2ccccc21.Cl. The molecule has 0 spiro atoms. The molecule has 0 fully saturated rings. The monoisotopic (exact) mass is 312 g/mol. The number of para-hydroxylation sites is 2. The first-order valence-corrected chi connectivity index (χ1v) is 6.79. The van der Waals surface area contributed by atoms with E-state index in [2.05, 4.69) is 15.6 Å². The molecule has 0 bridgehead atoms. The molecule has 1 amide bonds. The summed E-state index contributed by atoms with van der Waals surface area (Å²) in [5, 5.41) is 6.03. The summed E-state index contributed by atoms with van der Waals surface area (Å²) in [6.07, 6.45) is 0. The van der Waals surface area contributed by atoms with Crippen molar-refractivity contribution in [1.82, 2.24) is 20.2 Å². The minimum atomic E-state index is -0.263. The van der Waals surface area contributed by atoms with E-state index < -0.39 is 0 Å². The van der Waals surface area contributed by atoms with Crippen molar-refractivity contribution in [3.8, 4) is 0 Å². The number of imidazole rings is 1. The topological polar surface area (TPSA) is 78.9 Å². The number of aromatic amines is 1. The molecule has 0 aliphatic carbocycles. The van der Waals surface area contributed by atoms with Crippen LogP contribution in [0.2, 0.25) is 0 Å². The normalized spacial score (nSPS) is 11.9. The van der Waals surface area contributed by atoms with Gasteiger partial charge in [0, 0.05) is 12.6 Å². The first-order valence-electron chi connectivity index (χ1n) is 6.79. The van der Waals surface area contributed by atoms with Crippen molar-refractivity contribution < 1.29 is 4.79 Å². The van der Waals surface area contributed by atoms with Gasteiger partial charge in [-0.05, 0) is 25.6 Å². The number of carbonyl (C=O) groups is 1. The van der Waals surface area contributed by atoms with Gasteiger partial charge in [-0.25, -0.2) is 4.79 Å². The average Bonchev–Trinajstić information content (AvgIpc) is 2.73. The third kappa shape index (κ3) is 4.34. The summed E-state index contributed by atoms with van der Waals surface area (Å²) in [6.45, 7) is 5.45. The highest BCUT2D eigenvalue weighted by Crippen LogP contribution is 2.08. The lowest BCUT2D eigenvalue weighted by Gasteiger charge is -2.13. The predicted molar refractivity (Wildman–Crippen MR) is 86.0 cm³/mol. The van der Waals surface area contributed by atoms with E-state index in [1.54, 1.807) is 0 Å². The molecule has 1 heterocycles. The molecule has 0 radical (unpaired) electrons. The van der Waals surface area contributed by atoms with Crippen LogP contribution in [0.5, 0.6) is 0 Å². The van der Waals surface area contributed by atoms with Crippen LogP contribution >= 0.6 is 12.4 Å². The van der Waals surface area contributed by atoms with Crippen molar-refractivity contribution in [2.24, 2.45) is 0 Å². The number of halogens is 1. The van der Waals surface area contributed by atoms with Gasteiger partial charge in [-0.15, -0.1) is 12.4 Å². The van der Waals surface area contributed by atoms with Crippen molar-refractivity contribution in [3.63, 3.8) is 0 Å². The van der Waals surface area contributed by atoms with Crippen molar-refractivity contribution >= 4 is 29.3 Å². The van der Waals surface area contributed by atoms with E-state index in [0.29, 0.717) is 6.54 Å². The number of amides is 1. The number of H-pyrrole nitrogens is 1. The van der Waals surface area contributed by atoms with Crippen LogP contribution in [0.1, 0.15) is 13.8 Å². The third-order valence-electron chi connectivity index (χ3n) is 3.14. The lowest BCUT2D eigenvalue weighted by atomic mass is 10.3. The third-order valence-corrected chi connectivity index (χ3v) is 3.14. The Morgan fingerprint density at radius 2 is 2.10 bits per heavy atom. The van der Waals surface area contributed by atoms with Crippen LogP contribution in [0.25, 0.3) is 11.0 Å². The lowest BCUT2D eigenvalue weighted by Crippen LogP contribution is -2.40. The van der Waals surface area contributed by atoms with Crippen molar-refractivity contribution in [3.05, 3.63) is 34.7 Å². The second-order valence-corrected chi connectivity index (χ2v) is 4.80. The second kappa shape index (κ2) is 7.85. The first kappa shape index (κ1) is 17.3. The Morgan fingerprint density at radius 1 is 1.38 bits per heavy atom. The highest BCUT2D eigenvalue weighted by atomic mass is 35.5. The lowest BCUT2D eigenvalue weighted by molar-refractivity contribution is -0.121. The van der Waals surface area contributed by atoms with Crippen LogP contribution in [0, 0.1) is 0 Å². The van der Waals surface area contributed by atoms with E-state index in [9.17, 15) is 9.59 Å². The van der Waals surface area contributed by atoms with E-state index in [0.717, 1.165) is 17.6 Å². The molecular weight excluding hydrogens is 292 g/mol. The molecule has 0 saturated heterocycles. The molecule has 0 unspecified atom stereocenters. The van der Waals surface area contributed by atoms with Crippen molar-refractivity contribution in [2.75, 3.05) is 13.1 Å². The number of hydrogen-bond acceptors (Lipinski definition) is 3. The number of rotatable bonds is 6. The Hall–Kier alpha value is -1.79. The molecule has 1 aromatic heterocycles. The number of fused-ring (bicyclic) bond motifs is 1. The molecule has 0 saturated carbocycles. The summed E-state index contributed by atoms with van der Waals surface area (Å²) in [5.74, 6) is -0.165. The van der Waals surface area contributed by atoms with Gasteiger partial charge < -0.3 is 15.6 Å². The summed E-state index contributed by atoms with van der Waals surface area (Å²) >= 11 is 0. The molecule has 3 N–H and O–H groups in total. The van der Waals surface area contributed by atoms with E-state index in [1.165, 1.54) is 4.57 Å². The van der Waals surface area contributed by atoms with Crippen LogP contribution in [0.3, 0.4) is 0 Å². The second-order valence-electron chi connectivity index (χ2n) is 4.80. The number of benzene rings is 1. The van der Waals surface area contributed by atoms with Gasteiger partial charge >= 0.3 is 5.69 Å². The zero-order valence-corrected chi connectivity index (χ0v) is 13.0. The highest BCUT2D eigenvalue weighted by Gasteiger charge is 2.10. The van der Waals surface area contributed by atoms with Gasteiger partial charge in [-0.3, -0.25) is 9.36 Å². The van der Waals surface area contributed by atoms with Gasteiger partial charge in [0.15, 0.2) is 0 Å². The summed E-state index contributed by atoms with van der Waals surface area (Å²) in [6, 6.07) is 7.54. The molecule has 7 heteroatoms. The maximum atomic E-state index is 11.9. The minimum absolute atomic E-state index is 0. The van der Waals surface area contributed by atoms with E-state index in [-0.39, 0.29) is 36.6 Å².